The summed E-state index contributed by atoms with van der Waals surface area (Å²) in [6.45, 7) is 1.45. The summed E-state index contributed by atoms with van der Waals surface area (Å²) in [6.07, 6.45) is 1.85. The highest BCUT2D eigenvalue weighted by molar-refractivity contribution is 5.95. The molecule has 2 aliphatic rings. The number of aromatic nitrogens is 2. The Hall–Kier alpha value is -3.25. The molecule has 1 amide bonds. The van der Waals surface area contributed by atoms with Gasteiger partial charge in [-0.15, -0.1) is 0 Å². The maximum Gasteiger partial charge on any atom is 0.254 e. The number of nitrogens with zero attached hydrogens (tertiary/aromatic N) is 3. The number of methoxy groups -OCH3 is 1. The molecule has 1 saturated heterocycles. The molecule has 2 aliphatic heterocycles. The van der Waals surface area contributed by atoms with Crippen molar-refractivity contribution < 1.29 is 14.3 Å². The van der Waals surface area contributed by atoms with Crippen molar-refractivity contribution in [2.24, 2.45) is 0 Å². The molecule has 0 unspecified atom stereocenters. The second-order valence-corrected chi connectivity index (χ2v) is 7.10. The summed E-state index contributed by atoms with van der Waals surface area (Å²) in [5.74, 6) is 1.34. The van der Waals surface area contributed by atoms with E-state index in [-0.39, 0.29) is 5.91 Å². The van der Waals surface area contributed by atoms with E-state index >= 15 is 0 Å². The lowest BCUT2D eigenvalue weighted by Gasteiger charge is -2.47. The van der Waals surface area contributed by atoms with Gasteiger partial charge in [0.15, 0.2) is 5.82 Å². The molecular weight excluding hydrogens is 354 g/mol. The van der Waals surface area contributed by atoms with Crippen LogP contribution in [0.3, 0.4) is 0 Å². The standard InChI is InChI=1S/C22H19N3O3/c1-27-17-9-5-8-16(10-17)21(26)25-13-22(14-25)18-11-23-20(24-19(18)12-28-22)15-6-3-2-4-7-15/h2-11H,12-14H2,1H3. The van der Waals surface area contributed by atoms with E-state index in [1.54, 1.807) is 24.1 Å². The molecule has 1 spiro atoms. The van der Waals surface area contributed by atoms with Gasteiger partial charge >= 0.3 is 0 Å². The van der Waals surface area contributed by atoms with Gasteiger partial charge in [0.05, 0.1) is 32.5 Å². The highest BCUT2D eigenvalue weighted by Crippen LogP contribution is 2.43. The minimum absolute atomic E-state index is 0.0246. The molecule has 5 rings (SSSR count). The number of carbonyl (C=O) groups is 1. The Morgan fingerprint density at radius 2 is 1.96 bits per heavy atom. The van der Waals surface area contributed by atoms with Crippen molar-refractivity contribution >= 4 is 5.91 Å². The smallest absolute Gasteiger partial charge is 0.254 e. The number of benzene rings is 2. The number of rotatable bonds is 3. The third kappa shape index (κ3) is 2.65. The highest BCUT2D eigenvalue weighted by atomic mass is 16.5. The van der Waals surface area contributed by atoms with Crippen LogP contribution in [-0.2, 0) is 16.9 Å². The predicted molar refractivity (Wildman–Crippen MR) is 103 cm³/mol. The van der Waals surface area contributed by atoms with Gasteiger partial charge in [0, 0.05) is 22.9 Å². The lowest BCUT2D eigenvalue weighted by atomic mass is 9.87. The average molecular weight is 373 g/mol. The van der Waals surface area contributed by atoms with Crippen LogP contribution in [-0.4, -0.2) is 41.0 Å². The molecule has 6 heteroatoms. The van der Waals surface area contributed by atoms with E-state index in [1.165, 1.54) is 0 Å². The van der Waals surface area contributed by atoms with Crippen LogP contribution in [0.15, 0.2) is 60.8 Å². The fraction of sp³-hybridized carbons (Fsp3) is 0.227. The second-order valence-electron chi connectivity index (χ2n) is 7.10. The molecule has 0 atom stereocenters. The molecule has 28 heavy (non-hydrogen) atoms. The molecule has 0 N–H and O–H groups in total. The zero-order valence-electron chi connectivity index (χ0n) is 15.5. The van der Waals surface area contributed by atoms with Crippen molar-refractivity contribution in [1.82, 2.24) is 14.9 Å². The Morgan fingerprint density at radius 1 is 1.14 bits per heavy atom. The molecule has 6 nitrogen and oxygen atoms in total. The van der Waals surface area contributed by atoms with Crippen LogP contribution in [0.25, 0.3) is 11.4 Å². The number of likely N-dealkylation sites (tertiary alicyclic amines) is 1. The van der Waals surface area contributed by atoms with Gasteiger partial charge in [0.1, 0.15) is 11.4 Å². The number of fused-ring (bicyclic) bond motifs is 2. The molecule has 3 aromatic rings. The van der Waals surface area contributed by atoms with Crippen LogP contribution in [0, 0.1) is 0 Å². The van der Waals surface area contributed by atoms with Crippen LogP contribution in [0.2, 0.25) is 0 Å². The third-order valence-electron chi connectivity index (χ3n) is 5.37. The molecule has 2 aromatic carbocycles. The number of amides is 1. The summed E-state index contributed by atoms with van der Waals surface area (Å²) >= 11 is 0. The first-order valence-corrected chi connectivity index (χ1v) is 9.18. The highest BCUT2D eigenvalue weighted by Gasteiger charge is 2.52. The maximum absolute atomic E-state index is 12.8. The molecule has 0 radical (unpaired) electrons. The zero-order valence-corrected chi connectivity index (χ0v) is 15.5. The van der Waals surface area contributed by atoms with Crippen molar-refractivity contribution in [2.75, 3.05) is 20.2 Å². The van der Waals surface area contributed by atoms with Crippen molar-refractivity contribution in [2.45, 2.75) is 12.2 Å². The molecule has 0 saturated carbocycles. The van der Waals surface area contributed by atoms with E-state index in [1.807, 2.05) is 48.7 Å². The average Bonchev–Trinajstić information content (AvgIpc) is 3.12. The Balaban J connectivity index is 1.35. The van der Waals surface area contributed by atoms with Gasteiger partial charge in [-0.25, -0.2) is 9.97 Å². The van der Waals surface area contributed by atoms with Crippen molar-refractivity contribution in [3.05, 3.63) is 77.6 Å². The zero-order chi connectivity index (χ0) is 19.1. The summed E-state index contributed by atoms with van der Waals surface area (Å²) in [5.41, 5.74) is 3.00. The van der Waals surface area contributed by atoms with Gasteiger partial charge in [0.2, 0.25) is 0 Å². The summed E-state index contributed by atoms with van der Waals surface area (Å²) in [5, 5.41) is 0. The number of ether oxygens (including phenoxy) is 2. The number of hydrogen-bond donors (Lipinski definition) is 0. The minimum atomic E-state index is -0.487. The normalized spacial score (nSPS) is 16.5. The number of carbonyl (C=O) groups excluding carboxylic acids is 1. The summed E-state index contributed by atoms with van der Waals surface area (Å²) in [6, 6.07) is 17.1. The van der Waals surface area contributed by atoms with E-state index in [2.05, 4.69) is 4.98 Å². The van der Waals surface area contributed by atoms with E-state index < -0.39 is 5.60 Å². The lowest BCUT2D eigenvalue weighted by Crippen LogP contribution is -2.61. The Morgan fingerprint density at radius 3 is 2.75 bits per heavy atom. The molecule has 3 heterocycles. The summed E-state index contributed by atoms with van der Waals surface area (Å²) < 4.78 is 11.3. The van der Waals surface area contributed by atoms with Crippen molar-refractivity contribution in [1.29, 1.82) is 0 Å². The molecule has 0 aliphatic carbocycles. The van der Waals surface area contributed by atoms with Crippen LogP contribution in [0.4, 0.5) is 0 Å². The Kier molecular flexibility index (Phi) is 3.87. The van der Waals surface area contributed by atoms with Gasteiger partial charge in [-0.3, -0.25) is 4.79 Å². The SMILES string of the molecule is COc1cccc(C(=O)N2CC3(C2)OCc2nc(-c4ccccc4)ncc23)c1. The fourth-order valence-electron chi connectivity index (χ4n) is 3.83. The molecule has 140 valence electrons. The van der Waals surface area contributed by atoms with Crippen LogP contribution in [0.1, 0.15) is 21.6 Å². The monoisotopic (exact) mass is 373 g/mol. The van der Waals surface area contributed by atoms with Crippen LogP contribution in [0.5, 0.6) is 5.75 Å². The van der Waals surface area contributed by atoms with Crippen LogP contribution < -0.4 is 4.74 Å². The van der Waals surface area contributed by atoms with E-state index in [0.717, 1.165) is 16.8 Å². The molecule has 1 fully saturated rings. The van der Waals surface area contributed by atoms with E-state index in [9.17, 15) is 4.79 Å². The van der Waals surface area contributed by atoms with Crippen molar-refractivity contribution in [3.63, 3.8) is 0 Å². The van der Waals surface area contributed by atoms with E-state index in [4.69, 9.17) is 14.5 Å². The van der Waals surface area contributed by atoms with Crippen molar-refractivity contribution in [3.8, 4) is 17.1 Å². The number of hydrogen-bond acceptors (Lipinski definition) is 5. The maximum atomic E-state index is 12.8. The largest absolute Gasteiger partial charge is 0.497 e. The Labute approximate surface area is 162 Å². The van der Waals surface area contributed by atoms with Gasteiger partial charge < -0.3 is 14.4 Å². The Bertz CT molecular complexity index is 1050. The minimum Gasteiger partial charge on any atom is -0.497 e. The van der Waals surface area contributed by atoms with Crippen LogP contribution >= 0.6 is 0 Å². The fourth-order valence-corrected chi connectivity index (χ4v) is 3.83. The summed E-state index contributed by atoms with van der Waals surface area (Å²) in [4.78, 5) is 23.8. The molecule has 0 bridgehead atoms. The third-order valence-corrected chi connectivity index (χ3v) is 5.37. The predicted octanol–water partition coefficient (Wildman–Crippen LogP) is 3.03. The first-order valence-electron chi connectivity index (χ1n) is 9.18. The molecular formula is C22H19N3O3. The lowest BCUT2D eigenvalue weighted by molar-refractivity contribution is -0.126. The van der Waals surface area contributed by atoms with Gasteiger partial charge in [-0.05, 0) is 18.2 Å². The summed E-state index contributed by atoms with van der Waals surface area (Å²) in [7, 11) is 1.59. The topological polar surface area (TPSA) is 64.5 Å². The second kappa shape index (κ2) is 6.42. The van der Waals surface area contributed by atoms with Gasteiger partial charge in [-0.2, -0.15) is 0 Å². The first-order chi connectivity index (χ1) is 13.7. The van der Waals surface area contributed by atoms with Gasteiger partial charge in [-0.1, -0.05) is 36.4 Å². The van der Waals surface area contributed by atoms with Gasteiger partial charge in [0.25, 0.3) is 5.91 Å². The first kappa shape index (κ1) is 16.9. The molecule has 1 aromatic heterocycles. The van der Waals surface area contributed by atoms with E-state index in [0.29, 0.717) is 36.8 Å². The quantitative estimate of drug-likeness (QED) is 0.706.